The Hall–Kier alpha value is -1.26. The van der Waals surface area contributed by atoms with Gasteiger partial charge in [-0.1, -0.05) is 0 Å². The van der Waals surface area contributed by atoms with Gasteiger partial charge < -0.3 is 15.4 Å². The van der Waals surface area contributed by atoms with Crippen molar-refractivity contribution in [2.75, 3.05) is 13.1 Å². The van der Waals surface area contributed by atoms with Gasteiger partial charge in [0.1, 0.15) is 5.60 Å². The van der Waals surface area contributed by atoms with Crippen LogP contribution in [0.5, 0.6) is 0 Å². The number of hydrogen-bond donors (Lipinski definition) is 1. The Bertz CT molecular complexity index is 323. The molecular weight excluding hydrogens is 244 g/mol. The van der Waals surface area contributed by atoms with Gasteiger partial charge >= 0.3 is 6.09 Å². The summed E-state index contributed by atoms with van der Waals surface area (Å²) < 4.78 is 5.38. The fourth-order valence-corrected chi connectivity index (χ4v) is 2.36. The first-order valence-corrected chi connectivity index (χ1v) is 7.04. The lowest BCUT2D eigenvalue weighted by Crippen LogP contribution is -2.42. The van der Waals surface area contributed by atoms with Gasteiger partial charge in [-0.25, -0.2) is 4.79 Å². The van der Waals surface area contributed by atoms with Gasteiger partial charge in [-0.2, -0.15) is 0 Å². The maximum absolute atomic E-state index is 12.0. The molecule has 1 fully saturated rings. The third-order valence-corrected chi connectivity index (χ3v) is 3.21. The highest BCUT2D eigenvalue weighted by Crippen LogP contribution is 2.23. The van der Waals surface area contributed by atoms with Gasteiger partial charge in [0.15, 0.2) is 0 Å². The largest absolute Gasteiger partial charge is 0.444 e. The Labute approximate surface area is 115 Å². The number of nitrogens with zero attached hydrogens (tertiary/aromatic N) is 1. The number of carbonyl (C=O) groups is 2. The number of ether oxygens (including phenoxy) is 1. The molecule has 0 saturated carbocycles. The van der Waals surface area contributed by atoms with Crippen LogP contribution in [0, 0.1) is 5.92 Å². The Balaban J connectivity index is 2.37. The van der Waals surface area contributed by atoms with Crippen LogP contribution in [0.25, 0.3) is 0 Å². The van der Waals surface area contributed by atoms with Crippen molar-refractivity contribution in [3.8, 4) is 0 Å². The molecule has 1 atom stereocenters. The molecule has 5 nitrogen and oxygen atoms in total. The molecule has 0 spiro atoms. The quantitative estimate of drug-likeness (QED) is 0.851. The predicted molar refractivity (Wildman–Crippen MR) is 73.6 cm³/mol. The standard InChI is InChI=1S/C14H26N2O3/c1-14(2,3)19-13(18)16-9-5-7-11(10-16)6-4-8-12(15)17/h11H,4-10H2,1-3H3,(H2,15,17). The molecule has 0 bridgehead atoms. The average molecular weight is 270 g/mol. The fourth-order valence-electron chi connectivity index (χ4n) is 2.36. The van der Waals surface area contributed by atoms with Gasteiger partial charge in [0.05, 0.1) is 0 Å². The molecule has 1 unspecified atom stereocenters. The number of nitrogens with two attached hydrogens (primary N) is 1. The molecule has 5 heteroatoms. The molecule has 19 heavy (non-hydrogen) atoms. The van der Waals surface area contributed by atoms with E-state index in [2.05, 4.69) is 0 Å². The van der Waals surface area contributed by atoms with Crippen LogP contribution >= 0.6 is 0 Å². The Morgan fingerprint density at radius 3 is 2.63 bits per heavy atom. The van der Waals surface area contributed by atoms with Crippen LogP contribution in [0.15, 0.2) is 0 Å². The molecule has 0 aromatic rings. The van der Waals surface area contributed by atoms with Crippen molar-refractivity contribution < 1.29 is 14.3 Å². The summed E-state index contributed by atoms with van der Waals surface area (Å²) in [7, 11) is 0. The van der Waals surface area contributed by atoms with Gasteiger partial charge in [0, 0.05) is 19.5 Å². The van der Waals surface area contributed by atoms with Crippen molar-refractivity contribution >= 4 is 12.0 Å². The topological polar surface area (TPSA) is 72.6 Å². The molecule has 1 heterocycles. The number of hydrogen-bond acceptors (Lipinski definition) is 3. The summed E-state index contributed by atoms with van der Waals surface area (Å²) in [6, 6.07) is 0. The van der Waals surface area contributed by atoms with Crippen LogP contribution in [0.3, 0.4) is 0 Å². The zero-order valence-corrected chi connectivity index (χ0v) is 12.3. The summed E-state index contributed by atoms with van der Waals surface area (Å²) in [6.07, 6.45) is 4.07. The van der Waals surface area contributed by atoms with E-state index >= 15 is 0 Å². The van der Waals surface area contributed by atoms with Crippen LogP contribution in [-0.4, -0.2) is 35.6 Å². The normalized spacial score (nSPS) is 20.2. The van der Waals surface area contributed by atoms with Gasteiger partial charge in [0.2, 0.25) is 5.91 Å². The first kappa shape index (κ1) is 15.8. The summed E-state index contributed by atoms with van der Waals surface area (Å²) in [6.45, 7) is 7.12. The van der Waals surface area contributed by atoms with Crippen LogP contribution in [0.4, 0.5) is 4.79 Å². The summed E-state index contributed by atoms with van der Waals surface area (Å²) in [5.74, 6) is 0.209. The number of carbonyl (C=O) groups excluding carboxylic acids is 2. The van der Waals surface area contributed by atoms with Crippen LogP contribution in [0.1, 0.15) is 52.9 Å². The zero-order chi connectivity index (χ0) is 14.5. The molecule has 2 N–H and O–H groups in total. The second-order valence-electron chi connectivity index (χ2n) is 6.29. The SMILES string of the molecule is CC(C)(C)OC(=O)N1CCCC(CCCC(N)=O)C1. The van der Waals surface area contributed by atoms with Crippen LogP contribution in [0.2, 0.25) is 0 Å². The molecule has 1 rings (SSSR count). The molecule has 0 radical (unpaired) electrons. The molecule has 1 aliphatic heterocycles. The van der Waals surface area contributed by atoms with Crippen LogP contribution in [-0.2, 0) is 9.53 Å². The summed E-state index contributed by atoms with van der Waals surface area (Å²) in [5.41, 5.74) is 4.68. The lowest BCUT2D eigenvalue weighted by atomic mass is 9.93. The Morgan fingerprint density at radius 1 is 1.37 bits per heavy atom. The van der Waals surface area contributed by atoms with E-state index in [1.165, 1.54) is 0 Å². The molecule has 1 aliphatic rings. The minimum absolute atomic E-state index is 0.230. The number of likely N-dealkylation sites (tertiary alicyclic amines) is 1. The van der Waals surface area contributed by atoms with E-state index in [9.17, 15) is 9.59 Å². The van der Waals surface area contributed by atoms with E-state index in [4.69, 9.17) is 10.5 Å². The van der Waals surface area contributed by atoms with Gasteiger partial charge in [-0.05, 0) is 52.4 Å². The van der Waals surface area contributed by atoms with E-state index in [0.717, 1.165) is 38.8 Å². The molecule has 2 amide bonds. The first-order chi connectivity index (χ1) is 8.78. The van der Waals surface area contributed by atoms with Gasteiger partial charge in [-0.15, -0.1) is 0 Å². The first-order valence-electron chi connectivity index (χ1n) is 7.04. The van der Waals surface area contributed by atoms with E-state index in [1.807, 2.05) is 20.8 Å². The molecule has 110 valence electrons. The lowest BCUT2D eigenvalue weighted by Gasteiger charge is -2.34. The van der Waals surface area contributed by atoms with Crippen LogP contribution < -0.4 is 5.73 Å². The highest BCUT2D eigenvalue weighted by Gasteiger charge is 2.27. The lowest BCUT2D eigenvalue weighted by molar-refractivity contribution is -0.118. The van der Waals surface area contributed by atoms with Crippen molar-refractivity contribution in [3.05, 3.63) is 0 Å². The molecular formula is C14H26N2O3. The van der Waals surface area contributed by atoms with Crippen molar-refractivity contribution in [1.29, 1.82) is 0 Å². The third-order valence-electron chi connectivity index (χ3n) is 3.21. The van der Waals surface area contributed by atoms with Crippen molar-refractivity contribution in [1.82, 2.24) is 4.90 Å². The summed E-state index contributed by atoms with van der Waals surface area (Å²) >= 11 is 0. The minimum Gasteiger partial charge on any atom is -0.444 e. The maximum atomic E-state index is 12.0. The second-order valence-corrected chi connectivity index (χ2v) is 6.29. The average Bonchev–Trinajstić information content (AvgIpc) is 2.26. The second kappa shape index (κ2) is 6.78. The molecule has 0 aromatic carbocycles. The van der Waals surface area contributed by atoms with Crippen molar-refractivity contribution in [2.24, 2.45) is 11.7 Å². The Kier molecular flexibility index (Phi) is 5.63. The Morgan fingerprint density at radius 2 is 2.05 bits per heavy atom. The van der Waals surface area contributed by atoms with Crippen molar-refractivity contribution in [3.63, 3.8) is 0 Å². The zero-order valence-electron chi connectivity index (χ0n) is 12.3. The molecule has 0 aromatic heterocycles. The van der Waals surface area contributed by atoms with E-state index in [-0.39, 0.29) is 12.0 Å². The van der Waals surface area contributed by atoms with Gasteiger partial charge in [-0.3, -0.25) is 4.79 Å². The van der Waals surface area contributed by atoms with E-state index in [1.54, 1.807) is 4.90 Å². The summed E-state index contributed by atoms with van der Waals surface area (Å²) in [5, 5.41) is 0. The molecule has 1 saturated heterocycles. The number of rotatable bonds is 4. The number of primary amides is 1. The van der Waals surface area contributed by atoms with E-state index < -0.39 is 5.60 Å². The highest BCUT2D eigenvalue weighted by atomic mass is 16.6. The maximum Gasteiger partial charge on any atom is 0.410 e. The summed E-state index contributed by atoms with van der Waals surface area (Å²) in [4.78, 5) is 24.5. The van der Waals surface area contributed by atoms with E-state index in [0.29, 0.717) is 12.3 Å². The smallest absolute Gasteiger partial charge is 0.410 e. The van der Waals surface area contributed by atoms with Crippen molar-refractivity contribution in [2.45, 2.75) is 58.5 Å². The highest BCUT2D eigenvalue weighted by molar-refractivity contribution is 5.73. The van der Waals surface area contributed by atoms with Gasteiger partial charge in [0.25, 0.3) is 0 Å². The minimum atomic E-state index is -0.448. The monoisotopic (exact) mass is 270 g/mol. The predicted octanol–water partition coefficient (Wildman–Crippen LogP) is 2.29. The number of amides is 2. The number of piperidine rings is 1. The third kappa shape index (κ3) is 6.45. The molecule has 0 aliphatic carbocycles. The fraction of sp³-hybridized carbons (Fsp3) is 0.857.